The molecular weight excluding hydrogens is 246 g/mol. The molecule has 3 nitrogen and oxygen atoms in total. The van der Waals surface area contributed by atoms with Crippen LogP contribution in [0.25, 0.3) is 0 Å². The van der Waals surface area contributed by atoms with E-state index in [-0.39, 0.29) is 10.6 Å². The van der Waals surface area contributed by atoms with Crippen molar-refractivity contribution in [3.05, 3.63) is 38.3 Å². The number of non-ortho nitro benzene ring substituents is 1. The highest BCUT2D eigenvalue weighted by molar-refractivity contribution is 9.10. The molecule has 0 N–H and O–H groups in total. The van der Waals surface area contributed by atoms with E-state index in [4.69, 9.17) is 0 Å². The molecule has 1 atom stereocenters. The Labute approximate surface area is 91.4 Å². The third-order valence-electron chi connectivity index (χ3n) is 2.34. The molecule has 0 aliphatic carbocycles. The molecule has 0 aromatic heterocycles. The molecule has 0 aliphatic rings. The molecule has 76 valence electrons. The van der Waals surface area contributed by atoms with Crippen molar-refractivity contribution in [1.82, 2.24) is 0 Å². The predicted molar refractivity (Wildman–Crippen MR) is 59.5 cm³/mol. The van der Waals surface area contributed by atoms with Crippen LogP contribution >= 0.6 is 15.9 Å². The lowest BCUT2D eigenvalue weighted by molar-refractivity contribution is -0.384. The van der Waals surface area contributed by atoms with Gasteiger partial charge in [0.25, 0.3) is 5.69 Å². The molecule has 14 heavy (non-hydrogen) atoms. The maximum Gasteiger partial charge on any atom is 0.270 e. The summed E-state index contributed by atoms with van der Waals surface area (Å²) in [5.74, 6) is 0.421. The van der Waals surface area contributed by atoms with Crippen molar-refractivity contribution in [3.63, 3.8) is 0 Å². The minimum absolute atomic E-state index is 0.129. The fraction of sp³-hybridized carbons (Fsp3) is 0.400. The summed E-state index contributed by atoms with van der Waals surface area (Å²) in [5.41, 5.74) is 1.25. The van der Waals surface area contributed by atoms with Gasteiger partial charge in [0.1, 0.15) is 0 Å². The number of hydrogen-bond acceptors (Lipinski definition) is 2. The van der Waals surface area contributed by atoms with Crippen LogP contribution in [0.3, 0.4) is 0 Å². The summed E-state index contributed by atoms with van der Waals surface area (Å²) in [6.45, 7) is 4.20. The summed E-state index contributed by atoms with van der Waals surface area (Å²) in [5, 5.41) is 10.5. The van der Waals surface area contributed by atoms with Gasteiger partial charge in [0.05, 0.1) is 4.92 Å². The van der Waals surface area contributed by atoms with Crippen molar-refractivity contribution in [1.29, 1.82) is 0 Å². The van der Waals surface area contributed by atoms with Crippen molar-refractivity contribution in [2.24, 2.45) is 0 Å². The van der Waals surface area contributed by atoms with E-state index < -0.39 is 0 Å². The lowest BCUT2D eigenvalue weighted by atomic mass is 9.99. The number of halogens is 1. The summed E-state index contributed by atoms with van der Waals surface area (Å²) in [7, 11) is 0. The second-order valence-electron chi connectivity index (χ2n) is 3.27. The fourth-order valence-corrected chi connectivity index (χ4v) is 2.01. The van der Waals surface area contributed by atoms with E-state index in [1.165, 1.54) is 0 Å². The molecule has 0 saturated heterocycles. The van der Waals surface area contributed by atoms with Crippen LogP contribution in [0.15, 0.2) is 22.7 Å². The Morgan fingerprint density at radius 3 is 2.64 bits per heavy atom. The van der Waals surface area contributed by atoms with Gasteiger partial charge in [-0.1, -0.05) is 35.8 Å². The van der Waals surface area contributed by atoms with Crippen LogP contribution in [0, 0.1) is 10.1 Å². The largest absolute Gasteiger partial charge is 0.270 e. The standard InChI is InChI=1S/C10H12BrNO2/c1-3-7(2)9-5-4-8(12(13)14)6-10(9)11/h4-7H,3H2,1-2H3. The minimum Gasteiger partial charge on any atom is -0.258 e. The Bertz CT molecular complexity index is 352. The third kappa shape index (κ3) is 2.32. The molecule has 4 heteroatoms. The van der Waals surface area contributed by atoms with Crippen LogP contribution < -0.4 is 0 Å². The first kappa shape index (κ1) is 11.2. The molecular formula is C10H12BrNO2. The average Bonchev–Trinajstić information content (AvgIpc) is 2.16. The smallest absolute Gasteiger partial charge is 0.258 e. The molecule has 0 spiro atoms. The lowest BCUT2D eigenvalue weighted by Gasteiger charge is -2.10. The topological polar surface area (TPSA) is 43.1 Å². The second kappa shape index (κ2) is 4.55. The molecule has 1 unspecified atom stereocenters. The van der Waals surface area contributed by atoms with E-state index >= 15 is 0 Å². The highest BCUT2D eigenvalue weighted by atomic mass is 79.9. The quantitative estimate of drug-likeness (QED) is 0.610. The van der Waals surface area contributed by atoms with Crippen molar-refractivity contribution < 1.29 is 4.92 Å². The summed E-state index contributed by atoms with van der Waals surface area (Å²) in [6.07, 6.45) is 1.02. The van der Waals surface area contributed by atoms with Gasteiger partial charge in [0.15, 0.2) is 0 Å². The van der Waals surface area contributed by atoms with Crippen LogP contribution in [0.4, 0.5) is 5.69 Å². The lowest BCUT2D eigenvalue weighted by Crippen LogP contribution is -1.94. The number of nitro benzene ring substituents is 1. The first-order chi connectivity index (χ1) is 6.56. The molecule has 1 aromatic carbocycles. The van der Waals surface area contributed by atoms with Crippen molar-refractivity contribution in [3.8, 4) is 0 Å². The average molecular weight is 258 g/mol. The zero-order valence-corrected chi connectivity index (χ0v) is 9.74. The summed E-state index contributed by atoms with van der Waals surface area (Å²) >= 11 is 3.35. The zero-order chi connectivity index (χ0) is 10.7. The Hall–Kier alpha value is -0.900. The third-order valence-corrected chi connectivity index (χ3v) is 3.02. The van der Waals surface area contributed by atoms with Gasteiger partial charge < -0.3 is 0 Å². The van der Waals surface area contributed by atoms with Crippen LogP contribution in [0.5, 0.6) is 0 Å². The molecule has 0 aliphatic heterocycles. The molecule has 1 rings (SSSR count). The van der Waals surface area contributed by atoms with Gasteiger partial charge in [-0.3, -0.25) is 10.1 Å². The molecule has 0 saturated carbocycles. The monoisotopic (exact) mass is 257 g/mol. The van der Waals surface area contributed by atoms with Crippen molar-refractivity contribution in [2.45, 2.75) is 26.2 Å². The predicted octanol–water partition coefficient (Wildman–Crippen LogP) is 3.87. The molecule has 0 bridgehead atoms. The van der Waals surface area contributed by atoms with Gasteiger partial charge in [0, 0.05) is 16.6 Å². The Morgan fingerprint density at radius 2 is 2.21 bits per heavy atom. The SMILES string of the molecule is CCC(C)c1ccc([N+](=O)[O-])cc1Br. The highest BCUT2D eigenvalue weighted by Crippen LogP contribution is 2.29. The van der Waals surface area contributed by atoms with Crippen molar-refractivity contribution >= 4 is 21.6 Å². The van der Waals surface area contributed by atoms with Gasteiger partial charge >= 0.3 is 0 Å². The van der Waals surface area contributed by atoms with Gasteiger partial charge in [-0.05, 0) is 17.9 Å². The Kier molecular flexibility index (Phi) is 3.63. The first-order valence-corrected chi connectivity index (χ1v) is 5.29. The summed E-state index contributed by atoms with van der Waals surface area (Å²) < 4.78 is 0.820. The van der Waals surface area contributed by atoms with Crippen molar-refractivity contribution in [2.75, 3.05) is 0 Å². The molecule has 0 amide bonds. The summed E-state index contributed by atoms with van der Waals surface area (Å²) in [4.78, 5) is 10.1. The second-order valence-corrected chi connectivity index (χ2v) is 4.13. The van der Waals surface area contributed by atoms with E-state index in [2.05, 4.69) is 29.8 Å². The number of rotatable bonds is 3. The van der Waals surface area contributed by atoms with E-state index in [9.17, 15) is 10.1 Å². The van der Waals surface area contributed by atoms with E-state index in [0.29, 0.717) is 5.92 Å². The number of nitro groups is 1. The normalized spacial score (nSPS) is 12.5. The van der Waals surface area contributed by atoms with E-state index in [1.54, 1.807) is 12.1 Å². The Balaban J connectivity index is 3.07. The minimum atomic E-state index is -0.384. The summed E-state index contributed by atoms with van der Waals surface area (Å²) in [6, 6.07) is 4.92. The highest BCUT2D eigenvalue weighted by Gasteiger charge is 2.12. The van der Waals surface area contributed by atoms with Crippen LogP contribution in [-0.2, 0) is 0 Å². The first-order valence-electron chi connectivity index (χ1n) is 4.50. The van der Waals surface area contributed by atoms with Crippen LogP contribution in [0.2, 0.25) is 0 Å². The zero-order valence-electron chi connectivity index (χ0n) is 8.16. The van der Waals surface area contributed by atoms with Gasteiger partial charge in [-0.2, -0.15) is 0 Å². The van der Waals surface area contributed by atoms with Gasteiger partial charge in [-0.15, -0.1) is 0 Å². The fourth-order valence-electron chi connectivity index (χ4n) is 1.25. The molecule has 0 fully saturated rings. The van der Waals surface area contributed by atoms with Gasteiger partial charge in [0.2, 0.25) is 0 Å². The molecule has 0 heterocycles. The molecule has 0 radical (unpaired) electrons. The van der Waals surface area contributed by atoms with Crippen LogP contribution in [-0.4, -0.2) is 4.92 Å². The number of hydrogen-bond donors (Lipinski definition) is 0. The maximum atomic E-state index is 10.5. The van der Waals surface area contributed by atoms with E-state index in [0.717, 1.165) is 16.5 Å². The number of nitrogens with zero attached hydrogens (tertiary/aromatic N) is 1. The Morgan fingerprint density at radius 1 is 1.57 bits per heavy atom. The van der Waals surface area contributed by atoms with Crippen LogP contribution in [0.1, 0.15) is 31.7 Å². The van der Waals surface area contributed by atoms with E-state index in [1.807, 2.05) is 6.07 Å². The number of benzene rings is 1. The maximum absolute atomic E-state index is 10.5. The molecule has 1 aromatic rings. The van der Waals surface area contributed by atoms with Gasteiger partial charge in [-0.25, -0.2) is 0 Å².